The summed E-state index contributed by atoms with van der Waals surface area (Å²) in [7, 11) is 0. The van der Waals surface area contributed by atoms with Crippen LogP contribution < -0.4 is 0 Å². The third-order valence-electron chi connectivity index (χ3n) is 9.96. The number of aliphatic carboxylic acids is 1. The molecule has 0 saturated heterocycles. The van der Waals surface area contributed by atoms with Crippen molar-refractivity contribution in [3.8, 4) is 0 Å². The smallest absolute Gasteiger partial charge is 0.303 e. The van der Waals surface area contributed by atoms with Crippen LogP contribution in [0.5, 0.6) is 0 Å². The molecule has 0 bridgehead atoms. The van der Waals surface area contributed by atoms with Crippen molar-refractivity contribution in [3.63, 3.8) is 0 Å². The molecule has 3 heteroatoms. The number of carboxylic acids is 1. The summed E-state index contributed by atoms with van der Waals surface area (Å²) in [6.07, 6.45) is 12.0. The van der Waals surface area contributed by atoms with Crippen molar-refractivity contribution in [2.45, 2.75) is 91.4 Å². The Morgan fingerprint density at radius 2 is 1.81 bits per heavy atom. The maximum atomic E-state index is 13.3. The molecule has 0 aromatic carbocycles. The van der Waals surface area contributed by atoms with E-state index in [1.54, 1.807) is 0 Å². The van der Waals surface area contributed by atoms with Gasteiger partial charge in [-0.1, -0.05) is 33.6 Å². The summed E-state index contributed by atoms with van der Waals surface area (Å²) in [5.41, 5.74) is 0.637. The predicted octanol–water partition coefficient (Wildman–Crippen LogP) is 5.72. The third kappa shape index (κ3) is 2.99. The minimum absolute atomic E-state index is 0.243. The first-order valence-corrected chi connectivity index (χ1v) is 11.5. The van der Waals surface area contributed by atoms with Crippen LogP contribution in [0.3, 0.4) is 0 Å². The van der Waals surface area contributed by atoms with Gasteiger partial charge in [-0.25, -0.2) is 0 Å². The summed E-state index contributed by atoms with van der Waals surface area (Å²) in [5, 5.41) is 9.08. The quantitative estimate of drug-likeness (QED) is 0.685. The molecule has 0 aromatic heterocycles. The van der Waals surface area contributed by atoms with Crippen LogP contribution in [0.15, 0.2) is 0 Å². The van der Waals surface area contributed by atoms with Crippen molar-refractivity contribution in [2.75, 3.05) is 0 Å². The number of carboxylic acid groups (broad SMARTS) is 1. The first-order chi connectivity index (χ1) is 12.8. The second-order valence-electron chi connectivity index (χ2n) is 11.0. The Kier molecular flexibility index (Phi) is 4.96. The van der Waals surface area contributed by atoms with Gasteiger partial charge in [-0.3, -0.25) is 9.59 Å². The lowest BCUT2D eigenvalue weighted by Gasteiger charge is -2.60. The minimum atomic E-state index is -0.677. The zero-order valence-corrected chi connectivity index (χ0v) is 17.5. The van der Waals surface area contributed by atoms with E-state index in [1.807, 2.05) is 0 Å². The van der Waals surface area contributed by atoms with Crippen LogP contribution in [0.1, 0.15) is 91.4 Å². The van der Waals surface area contributed by atoms with Gasteiger partial charge in [0.05, 0.1) is 0 Å². The van der Waals surface area contributed by atoms with Crippen LogP contribution in [-0.2, 0) is 9.59 Å². The van der Waals surface area contributed by atoms with Crippen LogP contribution in [0.4, 0.5) is 0 Å². The highest BCUT2D eigenvalue weighted by atomic mass is 16.4. The largest absolute Gasteiger partial charge is 0.481 e. The minimum Gasteiger partial charge on any atom is -0.481 e. The third-order valence-corrected chi connectivity index (χ3v) is 9.96. The number of hydrogen-bond acceptors (Lipinski definition) is 2. The Morgan fingerprint density at radius 3 is 2.56 bits per heavy atom. The Hall–Kier alpha value is -0.860. The lowest BCUT2D eigenvalue weighted by atomic mass is 9.44. The van der Waals surface area contributed by atoms with E-state index in [1.165, 1.54) is 51.4 Å². The fourth-order valence-corrected chi connectivity index (χ4v) is 8.49. The second kappa shape index (κ2) is 6.88. The lowest BCUT2D eigenvalue weighted by molar-refractivity contribution is -0.156. The Balaban J connectivity index is 1.57. The zero-order chi connectivity index (χ0) is 19.4. The van der Waals surface area contributed by atoms with Gasteiger partial charge < -0.3 is 5.11 Å². The van der Waals surface area contributed by atoms with E-state index in [0.717, 1.165) is 12.8 Å². The van der Waals surface area contributed by atoms with Gasteiger partial charge in [0.25, 0.3) is 0 Å². The van der Waals surface area contributed by atoms with Crippen molar-refractivity contribution >= 4 is 11.8 Å². The molecule has 0 radical (unpaired) electrons. The molecule has 8 atom stereocenters. The number of carbonyl (C=O) groups is 2. The van der Waals surface area contributed by atoms with Gasteiger partial charge in [0.2, 0.25) is 0 Å². The van der Waals surface area contributed by atoms with Crippen molar-refractivity contribution in [1.29, 1.82) is 0 Å². The fraction of sp³-hybridized carbons (Fsp3) is 0.917. The molecule has 0 heterocycles. The number of Topliss-reactive ketones (excluding diaryl/α,β-unsaturated/α-hetero) is 1. The van der Waals surface area contributed by atoms with Crippen LogP contribution in [0.2, 0.25) is 0 Å². The van der Waals surface area contributed by atoms with E-state index in [2.05, 4.69) is 20.8 Å². The molecule has 0 aromatic rings. The standard InChI is InChI=1S/C24H38O3/c1-15(7-10-21(26)27)17-8-9-18-22-19(11-13-24(17,18)3)23(2)12-5-4-6-16(23)14-20(22)25/h15-19,22H,4-14H2,1-3H3,(H,26,27)/t15-,16+,17?,18?,19?,22?,23?,24-/m1/s1. The monoisotopic (exact) mass is 374 g/mol. The van der Waals surface area contributed by atoms with Crippen molar-refractivity contribution in [1.82, 2.24) is 0 Å². The first-order valence-electron chi connectivity index (χ1n) is 11.5. The van der Waals surface area contributed by atoms with Crippen molar-refractivity contribution < 1.29 is 14.7 Å². The zero-order valence-electron chi connectivity index (χ0n) is 17.5. The summed E-state index contributed by atoms with van der Waals surface area (Å²) in [6.45, 7) is 7.23. The fourth-order valence-electron chi connectivity index (χ4n) is 8.49. The Bertz CT molecular complexity index is 613. The van der Waals surface area contributed by atoms with Crippen molar-refractivity contribution in [2.24, 2.45) is 46.3 Å². The van der Waals surface area contributed by atoms with E-state index in [-0.39, 0.29) is 11.8 Å². The molecule has 1 N–H and O–H groups in total. The van der Waals surface area contributed by atoms with Gasteiger partial charge in [0.15, 0.2) is 0 Å². The van der Waals surface area contributed by atoms with Crippen LogP contribution in [0, 0.1) is 46.3 Å². The average molecular weight is 375 g/mol. The van der Waals surface area contributed by atoms with E-state index in [0.29, 0.717) is 46.7 Å². The highest BCUT2D eigenvalue weighted by Gasteiger charge is 2.62. The molecule has 4 aliphatic rings. The van der Waals surface area contributed by atoms with Gasteiger partial charge in [0.1, 0.15) is 5.78 Å². The van der Waals surface area contributed by atoms with E-state index in [4.69, 9.17) is 5.11 Å². The maximum Gasteiger partial charge on any atom is 0.303 e. The molecule has 4 rings (SSSR count). The second-order valence-corrected chi connectivity index (χ2v) is 11.0. The van der Waals surface area contributed by atoms with Crippen LogP contribution in [0.25, 0.3) is 0 Å². The highest BCUT2D eigenvalue weighted by Crippen LogP contribution is 2.67. The first kappa shape index (κ1) is 19.5. The molecular weight excluding hydrogens is 336 g/mol. The topological polar surface area (TPSA) is 54.4 Å². The van der Waals surface area contributed by atoms with Gasteiger partial charge in [-0.2, -0.15) is 0 Å². The van der Waals surface area contributed by atoms with Crippen LogP contribution >= 0.6 is 0 Å². The molecule has 27 heavy (non-hydrogen) atoms. The number of ketones is 1. The van der Waals surface area contributed by atoms with E-state index < -0.39 is 5.97 Å². The SMILES string of the molecule is C[C@H](CCC(=O)O)C1CCC2C3C(=O)C[C@@H]4CCCCC4(C)C3CC[C@@]21C. The summed E-state index contributed by atoms with van der Waals surface area (Å²) < 4.78 is 0. The van der Waals surface area contributed by atoms with Crippen LogP contribution in [-0.4, -0.2) is 16.9 Å². The molecule has 0 spiro atoms. The number of rotatable bonds is 4. The normalized spacial score (nSPS) is 47.7. The maximum absolute atomic E-state index is 13.3. The number of fused-ring (bicyclic) bond motifs is 5. The van der Waals surface area contributed by atoms with Crippen molar-refractivity contribution in [3.05, 3.63) is 0 Å². The molecule has 4 fully saturated rings. The van der Waals surface area contributed by atoms with E-state index in [9.17, 15) is 9.59 Å². The summed E-state index contributed by atoms with van der Waals surface area (Å²) >= 11 is 0. The summed E-state index contributed by atoms with van der Waals surface area (Å²) in [5.74, 6) is 3.02. The number of carbonyl (C=O) groups excluding carboxylic acids is 1. The van der Waals surface area contributed by atoms with Gasteiger partial charge >= 0.3 is 5.97 Å². The average Bonchev–Trinajstić information content (AvgIpc) is 2.97. The van der Waals surface area contributed by atoms with Gasteiger partial charge in [0, 0.05) is 18.8 Å². The molecule has 4 aliphatic carbocycles. The predicted molar refractivity (Wildman–Crippen MR) is 106 cm³/mol. The summed E-state index contributed by atoms with van der Waals surface area (Å²) in [4.78, 5) is 24.4. The van der Waals surface area contributed by atoms with Gasteiger partial charge in [-0.15, -0.1) is 0 Å². The molecule has 3 nitrogen and oxygen atoms in total. The molecule has 0 aliphatic heterocycles. The highest BCUT2D eigenvalue weighted by molar-refractivity contribution is 5.83. The van der Waals surface area contributed by atoms with Gasteiger partial charge in [-0.05, 0) is 85.4 Å². The molecular formula is C24H38O3. The molecule has 4 saturated carbocycles. The lowest BCUT2D eigenvalue weighted by Crippen LogP contribution is -2.56. The summed E-state index contributed by atoms with van der Waals surface area (Å²) in [6, 6.07) is 0. The Morgan fingerprint density at radius 1 is 1.07 bits per heavy atom. The molecule has 5 unspecified atom stereocenters. The number of hydrogen-bond donors (Lipinski definition) is 1. The molecule has 0 amide bonds. The Labute approximate surface area is 164 Å². The molecule has 152 valence electrons. The van der Waals surface area contributed by atoms with E-state index >= 15 is 0 Å².